The summed E-state index contributed by atoms with van der Waals surface area (Å²) in [5, 5.41) is 3.36. The van der Waals surface area contributed by atoms with Gasteiger partial charge < -0.3 is 15.0 Å². The summed E-state index contributed by atoms with van der Waals surface area (Å²) in [6.45, 7) is 2.19. The van der Waals surface area contributed by atoms with E-state index in [1.165, 1.54) is 12.8 Å². The summed E-state index contributed by atoms with van der Waals surface area (Å²) in [6.07, 6.45) is 3.97. The number of amides is 1. The molecule has 0 radical (unpaired) electrons. The van der Waals surface area contributed by atoms with Crippen molar-refractivity contribution in [2.24, 2.45) is 0 Å². The molecule has 0 bridgehead atoms. The van der Waals surface area contributed by atoms with Crippen LogP contribution in [0, 0.1) is 0 Å². The van der Waals surface area contributed by atoms with Crippen LogP contribution in [0.1, 0.15) is 25.7 Å². The van der Waals surface area contributed by atoms with E-state index in [4.69, 9.17) is 4.74 Å². The van der Waals surface area contributed by atoms with Gasteiger partial charge in [0, 0.05) is 32.6 Å². The number of rotatable bonds is 9. The largest absolute Gasteiger partial charge is 0.494 e. The highest BCUT2D eigenvalue weighted by atomic mass is 16.5. The first-order chi connectivity index (χ1) is 9.75. The van der Waals surface area contributed by atoms with E-state index in [0.29, 0.717) is 19.1 Å². The fourth-order valence-corrected chi connectivity index (χ4v) is 1.99. The first kappa shape index (κ1) is 14.9. The Hall–Kier alpha value is -1.55. The first-order valence-electron chi connectivity index (χ1n) is 7.41. The van der Waals surface area contributed by atoms with Crippen LogP contribution in [-0.4, -0.2) is 43.6 Å². The van der Waals surface area contributed by atoms with E-state index in [0.717, 1.165) is 25.3 Å². The quantitative estimate of drug-likeness (QED) is 0.702. The molecule has 0 aliphatic heterocycles. The molecular weight excluding hydrogens is 252 g/mol. The zero-order valence-electron chi connectivity index (χ0n) is 12.2. The highest BCUT2D eigenvalue weighted by Gasteiger charge is 2.20. The van der Waals surface area contributed by atoms with Crippen molar-refractivity contribution >= 4 is 5.91 Å². The first-order valence-corrected chi connectivity index (χ1v) is 7.41. The van der Waals surface area contributed by atoms with E-state index in [1.807, 2.05) is 37.4 Å². The van der Waals surface area contributed by atoms with Crippen LogP contribution < -0.4 is 10.1 Å². The van der Waals surface area contributed by atoms with Gasteiger partial charge in [0.25, 0.3) is 0 Å². The molecule has 1 aromatic rings. The molecule has 1 saturated carbocycles. The van der Waals surface area contributed by atoms with Crippen LogP contribution in [0.4, 0.5) is 0 Å². The Kier molecular flexibility index (Phi) is 5.87. The van der Waals surface area contributed by atoms with Gasteiger partial charge in [-0.15, -0.1) is 0 Å². The minimum atomic E-state index is 0.206. The molecule has 0 atom stereocenters. The number of hydrogen-bond acceptors (Lipinski definition) is 3. The fourth-order valence-electron chi connectivity index (χ4n) is 1.99. The Morgan fingerprint density at radius 2 is 2.10 bits per heavy atom. The zero-order chi connectivity index (χ0) is 14.2. The maximum Gasteiger partial charge on any atom is 0.223 e. The number of hydrogen-bond donors (Lipinski definition) is 1. The molecule has 0 aromatic heterocycles. The van der Waals surface area contributed by atoms with Gasteiger partial charge >= 0.3 is 0 Å². The molecule has 0 spiro atoms. The molecule has 1 amide bonds. The second-order valence-corrected chi connectivity index (χ2v) is 5.31. The summed E-state index contributed by atoms with van der Waals surface area (Å²) in [7, 11) is 1.86. The van der Waals surface area contributed by atoms with Gasteiger partial charge in [0.15, 0.2) is 0 Å². The van der Waals surface area contributed by atoms with E-state index in [-0.39, 0.29) is 5.91 Å². The molecule has 0 saturated heterocycles. The standard InChI is InChI=1S/C16H24N2O2/c1-18(16(19)10-11-17-14-8-9-14)12-5-13-20-15-6-3-2-4-7-15/h2-4,6-7,14,17H,5,8-13H2,1H3. The Morgan fingerprint density at radius 3 is 2.80 bits per heavy atom. The Balaban J connectivity index is 1.52. The van der Waals surface area contributed by atoms with Gasteiger partial charge in [0.1, 0.15) is 5.75 Å². The van der Waals surface area contributed by atoms with Crippen LogP contribution in [-0.2, 0) is 4.79 Å². The maximum atomic E-state index is 11.9. The minimum Gasteiger partial charge on any atom is -0.494 e. The van der Waals surface area contributed by atoms with Crippen LogP contribution in [0.5, 0.6) is 5.75 Å². The van der Waals surface area contributed by atoms with Crippen LogP contribution in [0.3, 0.4) is 0 Å². The van der Waals surface area contributed by atoms with Crippen LogP contribution in [0.25, 0.3) is 0 Å². The van der Waals surface area contributed by atoms with Gasteiger partial charge in [-0.25, -0.2) is 0 Å². The van der Waals surface area contributed by atoms with Crippen molar-refractivity contribution in [3.05, 3.63) is 30.3 Å². The fraction of sp³-hybridized carbons (Fsp3) is 0.562. The molecule has 1 aliphatic rings. The molecule has 1 N–H and O–H groups in total. The van der Waals surface area contributed by atoms with E-state index in [9.17, 15) is 4.79 Å². The second kappa shape index (κ2) is 7.90. The lowest BCUT2D eigenvalue weighted by molar-refractivity contribution is -0.129. The van der Waals surface area contributed by atoms with Gasteiger partial charge in [0.2, 0.25) is 5.91 Å². The van der Waals surface area contributed by atoms with Crippen molar-refractivity contribution in [1.29, 1.82) is 0 Å². The number of ether oxygens (including phenoxy) is 1. The van der Waals surface area contributed by atoms with Gasteiger partial charge in [-0.2, -0.15) is 0 Å². The second-order valence-electron chi connectivity index (χ2n) is 5.31. The lowest BCUT2D eigenvalue weighted by atomic mass is 10.3. The average Bonchev–Trinajstić information content (AvgIpc) is 3.28. The third-order valence-corrected chi connectivity index (χ3v) is 3.42. The van der Waals surface area contributed by atoms with Gasteiger partial charge in [-0.05, 0) is 31.4 Å². The molecule has 0 heterocycles. The van der Waals surface area contributed by atoms with Crippen molar-refractivity contribution in [1.82, 2.24) is 10.2 Å². The molecule has 110 valence electrons. The van der Waals surface area contributed by atoms with Crippen molar-refractivity contribution in [2.45, 2.75) is 31.7 Å². The van der Waals surface area contributed by atoms with Crippen LogP contribution in [0.2, 0.25) is 0 Å². The number of nitrogens with zero attached hydrogens (tertiary/aromatic N) is 1. The van der Waals surface area contributed by atoms with E-state index < -0.39 is 0 Å². The topological polar surface area (TPSA) is 41.6 Å². The molecule has 1 aromatic carbocycles. The number of benzene rings is 1. The maximum absolute atomic E-state index is 11.9. The highest BCUT2D eigenvalue weighted by molar-refractivity contribution is 5.76. The summed E-state index contributed by atoms with van der Waals surface area (Å²) in [4.78, 5) is 13.6. The average molecular weight is 276 g/mol. The van der Waals surface area contributed by atoms with Crippen molar-refractivity contribution < 1.29 is 9.53 Å². The molecule has 2 rings (SSSR count). The summed E-state index contributed by atoms with van der Waals surface area (Å²) >= 11 is 0. The Labute approximate surface area is 121 Å². The number of carbonyl (C=O) groups excluding carboxylic acids is 1. The monoisotopic (exact) mass is 276 g/mol. The molecule has 20 heavy (non-hydrogen) atoms. The van der Waals surface area contributed by atoms with Gasteiger partial charge in [-0.1, -0.05) is 18.2 Å². The van der Waals surface area contributed by atoms with Gasteiger partial charge in [-0.3, -0.25) is 4.79 Å². The van der Waals surface area contributed by atoms with Gasteiger partial charge in [0.05, 0.1) is 6.61 Å². The van der Waals surface area contributed by atoms with Crippen LogP contribution >= 0.6 is 0 Å². The van der Waals surface area contributed by atoms with E-state index >= 15 is 0 Å². The third-order valence-electron chi connectivity index (χ3n) is 3.42. The van der Waals surface area contributed by atoms with Crippen molar-refractivity contribution in [2.75, 3.05) is 26.7 Å². The summed E-state index contributed by atoms with van der Waals surface area (Å²) < 4.78 is 5.61. The minimum absolute atomic E-state index is 0.206. The summed E-state index contributed by atoms with van der Waals surface area (Å²) in [6, 6.07) is 10.4. The molecule has 1 aliphatic carbocycles. The van der Waals surface area contributed by atoms with Crippen molar-refractivity contribution in [3.63, 3.8) is 0 Å². The summed E-state index contributed by atoms with van der Waals surface area (Å²) in [5.74, 6) is 1.09. The molecule has 4 heteroatoms. The predicted octanol–water partition coefficient (Wildman–Crippen LogP) is 2.06. The Morgan fingerprint density at radius 1 is 1.35 bits per heavy atom. The van der Waals surface area contributed by atoms with E-state index in [1.54, 1.807) is 4.90 Å². The lowest BCUT2D eigenvalue weighted by Gasteiger charge is -2.17. The SMILES string of the molecule is CN(CCCOc1ccccc1)C(=O)CCNC1CC1. The van der Waals surface area contributed by atoms with Crippen molar-refractivity contribution in [3.8, 4) is 5.75 Å². The third kappa shape index (κ3) is 5.61. The van der Waals surface area contributed by atoms with E-state index in [2.05, 4.69) is 5.32 Å². The Bertz CT molecular complexity index is 404. The highest BCUT2D eigenvalue weighted by Crippen LogP contribution is 2.18. The van der Waals surface area contributed by atoms with Crippen LogP contribution in [0.15, 0.2) is 30.3 Å². The molecule has 0 unspecified atom stereocenters. The number of para-hydroxylation sites is 1. The molecule has 1 fully saturated rings. The number of nitrogens with one attached hydrogen (secondary N) is 1. The summed E-state index contributed by atoms with van der Waals surface area (Å²) in [5.41, 5.74) is 0. The predicted molar refractivity (Wildman–Crippen MR) is 79.8 cm³/mol. The normalized spacial score (nSPS) is 14.1. The molecular formula is C16H24N2O2. The number of carbonyl (C=O) groups is 1. The smallest absolute Gasteiger partial charge is 0.223 e. The lowest BCUT2D eigenvalue weighted by Crippen LogP contribution is -2.31. The molecule has 4 nitrogen and oxygen atoms in total. The zero-order valence-corrected chi connectivity index (χ0v) is 12.2.